The first-order valence-electron chi connectivity index (χ1n) is 10.2. The molecule has 0 bridgehead atoms. The number of pyridine rings is 1. The van der Waals surface area contributed by atoms with Crippen LogP contribution in [0, 0.1) is 0 Å². The molecule has 7 nitrogen and oxygen atoms in total. The molecule has 1 aliphatic rings. The van der Waals surface area contributed by atoms with Crippen molar-refractivity contribution in [2.75, 3.05) is 19.8 Å². The molecular formula is C23H22N4O3. The Balaban J connectivity index is 1.72. The van der Waals surface area contributed by atoms with Crippen LogP contribution < -0.4 is 14.8 Å². The van der Waals surface area contributed by atoms with E-state index < -0.39 is 0 Å². The number of nitrogens with one attached hydrogen (secondary N) is 1. The zero-order chi connectivity index (χ0) is 20.5. The Morgan fingerprint density at radius 1 is 1.10 bits per heavy atom. The van der Waals surface area contributed by atoms with E-state index >= 15 is 0 Å². The SMILES string of the molecule is CCCNC(=O)Cn1nc(-c2ccccc2)c2cnc3cc4c(cc3c21)OCCO4. The second kappa shape index (κ2) is 7.67. The summed E-state index contributed by atoms with van der Waals surface area (Å²) in [4.78, 5) is 17.2. The summed E-state index contributed by atoms with van der Waals surface area (Å²) in [6.07, 6.45) is 2.71. The van der Waals surface area contributed by atoms with Crippen LogP contribution in [0.2, 0.25) is 0 Å². The largest absolute Gasteiger partial charge is 0.486 e. The van der Waals surface area contributed by atoms with Crippen LogP contribution in [0.25, 0.3) is 33.1 Å². The molecule has 4 aromatic rings. The van der Waals surface area contributed by atoms with Crippen LogP contribution in [-0.2, 0) is 11.3 Å². The topological polar surface area (TPSA) is 78.3 Å². The Bertz CT molecular complexity index is 1230. The lowest BCUT2D eigenvalue weighted by atomic mass is 10.1. The van der Waals surface area contributed by atoms with Gasteiger partial charge in [-0.05, 0) is 12.5 Å². The average Bonchev–Trinajstić information content (AvgIpc) is 3.15. The summed E-state index contributed by atoms with van der Waals surface area (Å²) in [6.45, 7) is 3.84. The van der Waals surface area contributed by atoms with Crippen molar-refractivity contribution in [1.82, 2.24) is 20.1 Å². The quantitative estimate of drug-likeness (QED) is 0.552. The van der Waals surface area contributed by atoms with Gasteiger partial charge in [-0.1, -0.05) is 37.3 Å². The highest BCUT2D eigenvalue weighted by atomic mass is 16.6. The maximum absolute atomic E-state index is 12.5. The van der Waals surface area contributed by atoms with Crippen LogP contribution in [0.5, 0.6) is 11.5 Å². The number of carbonyl (C=O) groups is 1. The van der Waals surface area contributed by atoms with Crippen LogP contribution in [0.3, 0.4) is 0 Å². The van der Waals surface area contributed by atoms with Gasteiger partial charge in [-0.2, -0.15) is 5.10 Å². The Kier molecular flexibility index (Phi) is 4.71. The van der Waals surface area contributed by atoms with Gasteiger partial charge in [0.2, 0.25) is 5.91 Å². The molecule has 30 heavy (non-hydrogen) atoms. The molecule has 0 saturated carbocycles. The number of carbonyl (C=O) groups excluding carboxylic acids is 1. The number of ether oxygens (including phenoxy) is 2. The monoisotopic (exact) mass is 402 g/mol. The number of hydrogen-bond donors (Lipinski definition) is 1. The number of aromatic nitrogens is 3. The first kappa shape index (κ1) is 18.4. The lowest BCUT2D eigenvalue weighted by Gasteiger charge is -2.19. The van der Waals surface area contributed by atoms with E-state index in [-0.39, 0.29) is 12.5 Å². The molecule has 1 aliphatic heterocycles. The molecule has 0 atom stereocenters. The van der Waals surface area contributed by atoms with E-state index in [1.807, 2.05) is 55.6 Å². The molecule has 0 radical (unpaired) electrons. The van der Waals surface area contributed by atoms with Crippen molar-refractivity contribution in [1.29, 1.82) is 0 Å². The van der Waals surface area contributed by atoms with Crippen molar-refractivity contribution < 1.29 is 14.3 Å². The van der Waals surface area contributed by atoms with Crippen molar-refractivity contribution in [2.45, 2.75) is 19.9 Å². The summed E-state index contributed by atoms with van der Waals surface area (Å²) in [5.74, 6) is 1.31. The van der Waals surface area contributed by atoms with Crippen LogP contribution in [0.1, 0.15) is 13.3 Å². The van der Waals surface area contributed by atoms with Gasteiger partial charge >= 0.3 is 0 Å². The van der Waals surface area contributed by atoms with Crippen LogP contribution in [-0.4, -0.2) is 40.4 Å². The van der Waals surface area contributed by atoms with Gasteiger partial charge in [0.05, 0.1) is 11.0 Å². The van der Waals surface area contributed by atoms with Gasteiger partial charge in [-0.15, -0.1) is 0 Å². The number of amides is 1. The third-order valence-corrected chi connectivity index (χ3v) is 5.15. The molecule has 2 aromatic heterocycles. The van der Waals surface area contributed by atoms with E-state index in [1.54, 1.807) is 4.68 Å². The molecule has 5 rings (SSSR count). The molecule has 1 amide bonds. The number of rotatable bonds is 5. The molecule has 2 aromatic carbocycles. The van der Waals surface area contributed by atoms with Crippen molar-refractivity contribution in [3.63, 3.8) is 0 Å². The highest BCUT2D eigenvalue weighted by Crippen LogP contribution is 2.38. The molecule has 0 saturated heterocycles. The third-order valence-electron chi connectivity index (χ3n) is 5.15. The number of fused-ring (bicyclic) bond motifs is 4. The van der Waals surface area contributed by atoms with Crippen LogP contribution in [0.4, 0.5) is 0 Å². The fraction of sp³-hybridized carbons (Fsp3) is 0.261. The zero-order valence-corrected chi connectivity index (χ0v) is 16.7. The van der Waals surface area contributed by atoms with Gasteiger partial charge in [0.25, 0.3) is 0 Å². The Morgan fingerprint density at radius 3 is 2.63 bits per heavy atom. The third kappa shape index (κ3) is 3.22. The molecule has 0 fully saturated rings. The first-order chi connectivity index (χ1) is 14.7. The second-order valence-corrected chi connectivity index (χ2v) is 7.26. The maximum atomic E-state index is 12.5. The molecule has 3 heterocycles. The lowest BCUT2D eigenvalue weighted by Crippen LogP contribution is -2.28. The maximum Gasteiger partial charge on any atom is 0.241 e. The molecule has 152 valence electrons. The molecule has 0 unspecified atom stereocenters. The smallest absolute Gasteiger partial charge is 0.241 e. The Labute approximate surface area is 173 Å². The van der Waals surface area contributed by atoms with Crippen LogP contribution >= 0.6 is 0 Å². The van der Waals surface area contributed by atoms with Crippen molar-refractivity contribution >= 4 is 27.7 Å². The zero-order valence-electron chi connectivity index (χ0n) is 16.7. The minimum atomic E-state index is -0.0663. The summed E-state index contributed by atoms with van der Waals surface area (Å²) < 4.78 is 13.3. The summed E-state index contributed by atoms with van der Waals surface area (Å²) >= 11 is 0. The van der Waals surface area contributed by atoms with Gasteiger partial charge in [0.1, 0.15) is 25.5 Å². The summed E-state index contributed by atoms with van der Waals surface area (Å²) in [6, 6.07) is 13.8. The minimum absolute atomic E-state index is 0.0663. The Hall–Kier alpha value is -3.61. The number of nitrogens with zero attached hydrogens (tertiary/aromatic N) is 3. The van der Waals surface area contributed by atoms with Crippen molar-refractivity contribution in [3.05, 3.63) is 48.7 Å². The summed E-state index contributed by atoms with van der Waals surface area (Å²) in [5.41, 5.74) is 3.43. The van der Waals surface area contributed by atoms with Gasteiger partial charge in [0, 0.05) is 35.1 Å². The predicted molar refractivity (Wildman–Crippen MR) is 115 cm³/mol. The van der Waals surface area contributed by atoms with Crippen molar-refractivity contribution in [2.24, 2.45) is 0 Å². The van der Waals surface area contributed by atoms with Crippen LogP contribution in [0.15, 0.2) is 48.7 Å². The fourth-order valence-electron chi connectivity index (χ4n) is 3.77. The van der Waals surface area contributed by atoms with Gasteiger partial charge < -0.3 is 14.8 Å². The molecule has 7 heteroatoms. The lowest BCUT2D eigenvalue weighted by molar-refractivity contribution is -0.121. The predicted octanol–water partition coefficient (Wildman–Crippen LogP) is 3.55. The Morgan fingerprint density at radius 2 is 1.87 bits per heavy atom. The summed E-state index contributed by atoms with van der Waals surface area (Å²) in [5, 5.41) is 9.53. The molecular weight excluding hydrogens is 380 g/mol. The standard InChI is InChI=1S/C23H22N4O3/c1-2-8-24-21(28)14-27-23-16-11-19-20(30-10-9-29-19)12-18(16)25-13-17(23)22(26-27)15-6-4-3-5-7-15/h3-7,11-13H,2,8-10,14H2,1H3,(H,24,28). The van der Waals surface area contributed by atoms with E-state index in [4.69, 9.17) is 14.6 Å². The fourth-order valence-corrected chi connectivity index (χ4v) is 3.77. The molecule has 0 aliphatic carbocycles. The van der Waals surface area contributed by atoms with Crippen molar-refractivity contribution in [3.8, 4) is 22.8 Å². The average molecular weight is 402 g/mol. The van der Waals surface area contributed by atoms with Gasteiger partial charge in [-0.3, -0.25) is 14.5 Å². The van der Waals surface area contributed by atoms with E-state index in [2.05, 4.69) is 10.3 Å². The first-order valence-corrected chi connectivity index (χ1v) is 10.2. The van der Waals surface area contributed by atoms with E-state index in [0.717, 1.165) is 39.5 Å². The summed E-state index contributed by atoms with van der Waals surface area (Å²) in [7, 11) is 0. The molecule has 0 spiro atoms. The highest BCUT2D eigenvalue weighted by Gasteiger charge is 2.20. The van der Waals surface area contributed by atoms with Gasteiger partial charge in [-0.25, -0.2) is 0 Å². The number of hydrogen-bond acceptors (Lipinski definition) is 5. The minimum Gasteiger partial charge on any atom is -0.486 e. The van der Waals surface area contributed by atoms with E-state index in [0.29, 0.717) is 31.3 Å². The van der Waals surface area contributed by atoms with E-state index in [1.165, 1.54) is 0 Å². The highest BCUT2D eigenvalue weighted by molar-refractivity contribution is 6.09. The van der Waals surface area contributed by atoms with Gasteiger partial charge in [0.15, 0.2) is 11.5 Å². The van der Waals surface area contributed by atoms with E-state index in [9.17, 15) is 4.79 Å². The normalized spacial score (nSPS) is 13.0. The second-order valence-electron chi connectivity index (χ2n) is 7.26. The number of benzene rings is 2. The molecule has 1 N–H and O–H groups in total.